The van der Waals surface area contributed by atoms with Crippen molar-refractivity contribution in [2.45, 2.75) is 25.7 Å². The van der Waals surface area contributed by atoms with Crippen molar-refractivity contribution >= 4 is 0 Å². The molecule has 0 spiro atoms. The maximum absolute atomic E-state index is 13.4. The van der Waals surface area contributed by atoms with Gasteiger partial charge in [0.05, 0.1) is 0 Å². The maximum Gasteiger partial charge on any atom is 0.161 e. The second-order valence-electron chi connectivity index (χ2n) is 4.59. The molecule has 16 heavy (non-hydrogen) atoms. The van der Waals surface area contributed by atoms with E-state index >= 15 is 0 Å². The Balaban J connectivity index is 2.24. The average Bonchev–Trinajstić information content (AvgIpc) is 2.19. The summed E-state index contributed by atoms with van der Waals surface area (Å²) in [5, 5.41) is 0. The molecule has 0 saturated heterocycles. The van der Waals surface area contributed by atoms with Crippen molar-refractivity contribution in [1.82, 2.24) is 0 Å². The molecule has 0 aliphatic heterocycles. The van der Waals surface area contributed by atoms with Crippen LogP contribution in [0.1, 0.15) is 24.8 Å². The van der Waals surface area contributed by atoms with E-state index in [0.717, 1.165) is 25.3 Å². The van der Waals surface area contributed by atoms with Gasteiger partial charge in [-0.25, -0.2) is 13.2 Å². The summed E-state index contributed by atoms with van der Waals surface area (Å²) >= 11 is 0. The smallest absolute Gasteiger partial charge is 0.161 e. The number of hydrogen-bond acceptors (Lipinski definition) is 1. The van der Waals surface area contributed by atoms with E-state index in [4.69, 9.17) is 5.73 Å². The zero-order chi connectivity index (χ0) is 11.8. The van der Waals surface area contributed by atoms with Crippen molar-refractivity contribution in [3.05, 3.63) is 35.1 Å². The molecule has 1 aliphatic carbocycles. The van der Waals surface area contributed by atoms with Gasteiger partial charge in [0.25, 0.3) is 0 Å². The lowest BCUT2D eigenvalue weighted by Crippen LogP contribution is -2.39. The third kappa shape index (κ3) is 1.94. The largest absolute Gasteiger partial charge is 0.330 e. The minimum atomic E-state index is -1.14. The van der Waals surface area contributed by atoms with Crippen LogP contribution in [-0.2, 0) is 6.42 Å². The number of nitrogens with two attached hydrogens (primary N) is 1. The zero-order valence-corrected chi connectivity index (χ0v) is 8.90. The van der Waals surface area contributed by atoms with Gasteiger partial charge >= 0.3 is 0 Å². The number of rotatable bonds is 3. The molecule has 1 aromatic carbocycles. The summed E-state index contributed by atoms with van der Waals surface area (Å²) in [4.78, 5) is 0. The molecule has 0 bridgehead atoms. The lowest BCUT2D eigenvalue weighted by atomic mass is 9.65. The molecule has 1 fully saturated rings. The number of halogens is 3. The van der Waals surface area contributed by atoms with Gasteiger partial charge in [0, 0.05) is 6.07 Å². The second-order valence-corrected chi connectivity index (χ2v) is 4.59. The molecule has 0 heterocycles. The Morgan fingerprint density at radius 1 is 1.06 bits per heavy atom. The van der Waals surface area contributed by atoms with Crippen LogP contribution in [0, 0.1) is 22.9 Å². The Morgan fingerprint density at radius 2 is 1.69 bits per heavy atom. The van der Waals surface area contributed by atoms with Gasteiger partial charge in [0.1, 0.15) is 5.82 Å². The van der Waals surface area contributed by atoms with Crippen molar-refractivity contribution in [3.63, 3.8) is 0 Å². The highest BCUT2D eigenvalue weighted by molar-refractivity contribution is 5.22. The van der Waals surface area contributed by atoms with Crippen molar-refractivity contribution in [2.75, 3.05) is 6.54 Å². The lowest BCUT2D eigenvalue weighted by Gasteiger charge is -2.41. The summed E-state index contributed by atoms with van der Waals surface area (Å²) < 4.78 is 39.1. The maximum atomic E-state index is 13.4. The van der Waals surface area contributed by atoms with Crippen molar-refractivity contribution in [2.24, 2.45) is 11.1 Å². The van der Waals surface area contributed by atoms with Crippen molar-refractivity contribution < 1.29 is 13.2 Å². The van der Waals surface area contributed by atoms with Gasteiger partial charge < -0.3 is 5.73 Å². The average molecular weight is 229 g/mol. The molecular formula is C12H14F3N. The van der Waals surface area contributed by atoms with Gasteiger partial charge in [-0.3, -0.25) is 0 Å². The summed E-state index contributed by atoms with van der Waals surface area (Å²) in [5.74, 6) is -2.82. The fraction of sp³-hybridized carbons (Fsp3) is 0.500. The molecule has 88 valence electrons. The molecule has 1 aromatic rings. The van der Waals surface area contributed by atoms with Gasteiger partial charge in [-0.05, 0) is 42.9 Å². The summed E-state index contributed by atoms with van der Waals surface area (Å²) in [7, 11) is 0. The Labute approximate surface area is 92.5 Å². The van der Waals surface area contributed by atoms with E-state index in [1.807, 2.05) is 0 Å². The molecule has 4 heteroatoms. The van der Waals surface area contributed by atoms with Crippen LogP contribution in [0.5, 0.6) is 0 Å². The highest BCUT2D eigenvalue weighted by Gasteiger charge is 2.36. The van der Waals surface area contributed by atoms with Crippen LogP contribution in [0.3, 0.4) is 0 Å². The van der Waals surface area contributed by atoms with Gasteiger partial charge in [0.2, 0.25) is 0 Å². The lowest BCUT2D eigenvalue weighted by molar-refractivity contribution is 0.143. The molecule has 0 aromatic heterocycles. The third-order valence-electron chi connectivity index (χ3n) is 3.50. The van der Waals surface area contributed by atoms with Crippen molar-refractivity contribution in [3.8, 4) is 0 Å². The van der Waals surface area contributed by atoms with Crippen LogP contribution in [0.4, 0.5) is 13.2 Å². The third-order valence-corrected chi connectivity index (χ3v) is 3.50. The minimum absolute atomic E-state index is 0.106. The molecule has 2 rings (SSSR count). The first kappa shape index (κ1) is 11.5. The Bertz CT molecular complexity index is 394. The Morgan fingerprint density at radius 3 is 2.19 bits per heavy atom. The van der Waals surface area contributed by atoms with Crippen LogP contribution < -0.4 is 5.73 Å². The molecule has 0 atom stereocenters. The molecule has 0 unspecified atom stereocenters. The normalized spacial score (nSPS) is 18.2. The highest BCUT2D eigenvalue weighted by Crippen LogP contribution is 2.43. The first-order chi connectivity index (χ1) is 7.56. The molecule has 2 N–H and O–H groups in total. The van der Waals surface area contributed by atoms with E-state index in [9.17, 15) is 13.2 Å². The second kappa shape index (κ2) is 4.09. The van der Waals surface area contributed by atoms with E-state index < -0.39 is 17.5 Å². The predicted molar refractivity (Wildman–Crippen MR) is 55.4 cm³/mol. The minimum Gasteiger partial charge on any atom is -0.330 e. The molecule has 1 nitrogen and oxygen atoms in total. The fourth-order valence-corrected chi connectivity index (χ4v) is 2.23. The van der Waals surface area contributed by atoms with Gasteiger partial charge in [-0.15, -0.1) is 0 Å². The fourth-order valence-electron chi connectivity index (χ4n) is 2.23. The monoisotopic (exact) mass is 229 g/mol. The first-order valence-electron chi connectivity index (χ1n) is 5.40. The summed E-state index contributed by atoms with van der Waals surface area (Å²) in [5.41, 5.74) is 5.76. The van der Waals surface area contributed by atoms with E-state index in [1.165, 1.54) is 0 Å². The standard InChI is InChI=1S/C12H14F3N/c13-9-5-11(15)10(14)4-8(9)6-12(7-16)2-1-3-12/h4-5H,1-3,6-7,16H2. The highest BCUT2D eigenvalue weighted by atomic mass is 19.2. The van der Waals surface area contributed by atoms with E-state index in [1.54, 1.807) is 0 Å². The van der Waals surface area contributed by atoms with E-state index in [-0.39, 0.29) is 11.0 Å². The van der Waals surface area contributed by atoms with Gasteiger partial charge in [-0.2, -0.15) is 0 Å². The van der Waals surface area contributed by atoms with Crippen LogP contribution >= 0.6 is 0 Å². The van der Waals surface area contributed by atoms with Crippen LogP contribution in [0.15, 0.2) is 12.1 Å². The summed E-state index contributed by atoms with van der Waals surface area (Å²) in [6.07, 6.45) is 3.33. The Hall–Kier alpha value is -1.03. The molecule has 0 radical (unpaired) electrons. The van der Waals surface area contributed by atoms with E-state index in [2.05, 4.69) is 0 Å². The quantitative estimate of drug-likeness (QED) is 0.792. The molecule has 1 saturated carbocycles. The summed E-state index contributed by atoms with van der Waals surface area (Å²) in [6, 6.07) is 1.55. The zero-order valence-electron chi connectivity index (χ0n) is 8.90. The van der Waals surface area contributed by atoms with E-state index in [0.29, 0.717) is 19.0 Å². The topological polar surface area (TPSA) is 26.0 Å². The number of hydrogen-bond donors (Lipinski definition) is 1. The molecule has 0 amide bonds. The predicted octanol–water partition coefficient (Wildman–Crippen LogP) is 2.78. The van der Waals surface area contributed by atoms with Crippen molar-refractivity contribution in [1.29, 1.82) is 0 Å². The summed E-state index contributed by atoms with van der Waals surface area (Å²) in [6.45, 7) is 0.464. The number of benzene rings is 1. The van der Waals surface area contributed by atoms with Gasteiger partial charge in [-0.1, -0.05) is 6.42 Å². The SMILES string of the molecule is NCC1(Cc2cc(F)c(F)cc2F)CCC1. The van der Waals surface area contributed by atoms with Crippen LogP contribution in [0.25, 0.3) is 0 Å². The first-order valence-corrected chi connectivity index (χ1v) is 5.40. The van der Waals surface area contributed by atoms with Crippen LogP contribution in [-0.4, -0.2) is 6.54 Å². The molecule has 1 aliphatic rings. The Kier molecular flexibility index (Phi) is 2.93. The van der Waals surface area contributed by atoms with Gasteiger partial charge in [0.15, 0.2) is 11.6 Å². The molecular weight excluding hydrogens is 215 g/mol. The van der Waals surface area contributed by atoms with Crippen LogP contribution in [0.2, 0.25) is 0 Å².